The summed E-state index contributed by atoms with van der Waals surface area (Å²) < 4.78 is 1.53. The Morgan fingerprint density at radius 1 is 1.00 bits per heavy atom. The number of nitrogens with zero attached hydrogens (tertiary/aromatic N) is 3. The second kappa shape index (κ2) is 4.86. The zero-order chi connectivity index (χ0) is 13.1. The maximum Gasteiger partial charge on any atom is 0.210 e. The molecule has 1 aromatic carbocycles. The van der Waals surface area contributed by atoms with Crippen LogP contribution < -0.4 is 9.78 Å². The van der Waals surface area contributed by atoms with E-state index in [2.05, 4.69) is 10.1 Å². The molecule has 92 valence electrons. The molecule has 0 aliphatic rings. The summed E-state index contributed by atoms with van der Waals surface area (Å²) in [7, 11) is 0. The van der Waals surface area contributed by atoms with Gasteiger partial charge in [0.05, 0.1) is 5.90 Å². The molecule has 2 heterocycles. The molecule has 0 saturated heterocycles. The first kappa shape index (κ1) is 11.3. The van der Waals surface area contributed by atoms with E-state index >= 15 is 0 Å². The van der Waals surface area contributed by atoms with Crippen molar-refractivity contribution in [1.82, 2.24) is 4.98 Å². The zero-order valence-electron chi connectivity index (χ0n) is 10.1. The molecule has 4 nitrogen and oxygen atoms in total. The summed E-state index contributed by atoms with van der Waals surface area (Å²) in [4.78, 5) is 3.88. The number of aromatic nitrogens is 2. The van der Waals surface area contributed by atoms with Crippen LogP contribution in [0.2, 0.25) is 0 Å². The number of pyridine rings is 2. The molecule has 4 heteroatoms. The third-order valence-corrected chi connectivity index (χ3v) is 2.81. The summed E-state index contributed by atoms with van der Waals surface area (Å²) in [6.07, 6.45) is 6.75. The van der Waals surface area contributed by atoms with Gasteiger partial charge in [-0.3, -0.25) is 4.98 Å². The minimum Gasteiger partial charge on any atom is -0.854 e. The summed E-state index contributed by atoms with van der Waals surface area (Å²) in [6.45, 7) is 0. The van der Waals surface area contributed by atoms with E-state index in [9.17, 15) is 5.11 Å². The minimum atomic E-state index is -0.289. The number of fused-ring (bicyclic) bond motifs is 1. The monoisotopic (exact) mass is 249 g/mol. The van der Waals surface area contributed by atoms with Gasteiger partial charge in [0.25, 0.3) is 0 Å². The van der Waals surface area contributed by atoms with Crippen LogP contribution in [-0.2, 0) is 0 Å². The molecular weight excluding hydrogens is 238 g/mol. The van der Waals surface area contributed by atoms with Crippen LogP contribution in [0.1, 0.15) is 5.56 Å². The van der Waals surface area contributed by atoms with Crippen LogP contribution in [0.25, 0.3) is 10.8 Å². The van der Waals surface area contributed by atoms with E-state index in [0.717, 1.165) is 10.8 Å². The van der Waals surface area contributed by atoms with Crippen molar-refractivity contribution in [1.29, 1.82) is 0 Å². The summed E-state index contributed by atoms with van der Waals surface area (Å²) in [5.41, 5.74) is 0.524. The molecule has 0 aliphatic heterocycles. The van der Waals surface area contributed by atoms with Gasteiger partial charge in [0.1, 0.15) is 0 Å². The van der Waals surface area contributed by atoms with Crippen molar-refractivity contribution >= 4 is 16.7 Å². The third kappa shape index (κ3) is 2.42. The lowest BCUT2D eigenvalue weighted by atomic mass is 10.2. The van der Waals surface area contributed by atoms with Gasteiger partial charge in [-0.1, -0.05) is 22.9 Å². The summed E-state index contributed by atoms with van der Waals surface area (Å²) in [6, 6.07) is 13.2. The second-order valence-corrected chi connectivity index (χ2v) is 4.09. The van der Waals surface area contributed by atoms with Crippen LogP contribution in [0.5, 0.6) is 0 Å². The zero-order valence-corrected chi connectivity index (χ0v) is 10.1. The molecule has 2 aromatic heterocycles. The van der Waals surface area contributed by atoms with E-state index in [4.69, 9.17) is 0 Å². The highest BCUT2D eigenvalue weighted by Crippen LogP contribution is 2.09. The molecule has 0 spiro atoms. The fraction of sp³-hybridized carbons (Fsp3) is 0. The Hall–Kier alpha value is -2.75. The Morgan fingerprint density at radius 2 is 1.74 bits per heavy atom. The quantitative estimate of drug-likeness (QED) is 0.388. The number of benzene rings is 1. The normalized spacial score (nSPS) is 11.7. The van der Waals surface area contributed by atoms with Gasteiger partial charge in [-0.15, -0.1) is 0 Å². The fourth-order valence-electron chi connectivity index (χ4n) is 1.84. The maximum atomic E-state index is 11.9. The van der Waals surface area contributed by atoms with Crippen molar-refractivity contribution in [2.45, 2.75) is 0 Å². The summed E-state index contributed by atoms with van der Waals surface area (Å²) in [5, 5.41) is 18.1. The average molecular weight is 249 g/mol. The predicted molar refractivity (Wildman–Crippen MR) is 70.3 cm³/mol. The van der Waals surface area contributed by atoms with Crippen molar-refractivity contribution in [3.05, 3.63) is 72.8 Å². The Morgan fingerprint density at radius 3 is 2.53 bits per heavy atom. The van der Waals surface area contributed by atoms with Crippen LogP contribution in [-0.4, -0.2) is 10.9 Å². The standard InChI is InChI=1S/C15H11N3O/c19-15(13-5-8-16-9-6-13)17-18-10-7-12-3-1-2-4-14(12)11-18/h1-11H. The molecule has 0 bridgehead atoms. The van der Waals surface area contributed by atoms with Gasteiger partial charge < -0.3 is 5.11 Å². The molecule has 0 fully saturated rings. The summed E-state index contributed by atoms with van der Waals surface area (Å²) in [5.74, 6) is -0.289. The van der Waals surface area contributed by atoms with Crippen LogP contribution in [0, 0.1) is 0 Å². The van der Waals surface area contributed by atoms with E-state index in [0.29, 0.717) is 5.56 Å². The Kier molecular flexibility index (Phi) is 2.90. The van der Waals surface area contributed by atoms with Gasteiger partial charge in [-0.2, -0.15) is 0 Å². The average Bonchev–Trinajstić information content (AvgIpc) is 2.48. The molecule has 0 amide bonds. The van der Waals surface area contributed by atoms with Crippen molar-refractivity contribution < 1.29 is 9.78 Å². The molecule has 0 atom stereocenters. The highest BCUT2D eigenvalue weighted by atomic mass is 16.3. The number of hydrogen-bond acceptors (Lipinski definition) is 3. The van der Waals surface area contributed by atoms with Crippen molar-refractivity contribution in [3.63, 3.8) is 0 Å². The largest absolute Gasteiger partial charge is 0.854 e. The molecule has 3 rings (SSSR count). The van der Waals surface area contributed by atoms with E-state index in [1.807, 2.05) is 36.5 Å². The second-order valence-electron chi connectivity index (χ2n) is 4.09. The van der Waals surface area contributed by atoms with Gasteiger partial charge in [0.15, 0.2) is 0 Å². The minimum absolute atomic E-state index is 0.289. The van der Waals surface area contributed by atoms with Gasteiger partial charge in [-0.25, -0.2) is 0 Å². The molecule has 0 unspecified atom stereocenters. The summed E-state index contributed by atoms with van der Waals surface area (Å²) >= 11 is 0. The molecule has 19 heavy (non-hydrogen) atoms. The van der Waals surface area contributed by atoms with Crippen molar-refractivity contribution in [2.24, 2.45) is 5.10 Å². The van der Waals surface area contributed by atoms with E-state index in [1.165, 1.54) is 4.68 Å². The SMILES string of the molecule is [O-]/C(=N/[n+]1ccc2ccccc2c1)c1ccncc1. The maximum absolute atomic E-state index is 11.9. The molecule has 0 radical (unpaired) electrons. The Labute approximate surface area is 110 Å². The predicted octanol–water partition coefficient (Wildman–Crippen LogP) is 1.09. The van der Waals surface area contributed by atoms with Crippen LogP contribution in [0.3, 0.4) is 0 Å². The molecular formula is C15H11N3O. The topological polar surface area (TPSA) is 52.2 Å². The Balaban J connectivity index is 2.01. The van der Waals surface area contributed by atoms with Crippen molar-refractivity contribution in [3.8, 4) is 0 Å². The van der Waals surface area contributed by atoms with Gasteiger partial charge in [0.2, 0.25) is 12.4 Å². The molecule has 3 aromatic rings. The van der Waals surface area contributed by atoms with Gasteiger partial charge >= 0.3 is 0 Å². The van der Waals surface area contributed by atoms with Crippen LogP contribution >= 0.6 is 0 Å². The fourth-order valence-corrected chi connectivity index (χ4v) is 1.84. The Bertz CT molecular complexity index is 738. The lowest BCUT2D eigenvalue weighted by molar-refractivity contribution is -0.680. The number of rotatable bonds is 2. The van der Waals surface area contributed by atoms with Crippen LogP contribution in [0.4, 0.5) is 0 Å². The molecule has 0 N–H and O–H groups in total. The third-order valence-electron chi connectivity index (χ3n) is 2.81. The lowest BCUT2D eigenvalue weighted by Crippen LogP contribution is -2.33. The molecule has 0 aliphatic carbocycles. The first-order valence-corrected chi connectivity index (χ1v) is 5.89. The van der Waals surface area contributed by atoms with E-state index in [1.54, 1.807) is 30.7 Å². The molecule has 0 saturated carbocycles. The highest BCUT2D eigenvalue weighted by molar-refractivity contribution is 5.89. The van der Waals surface area contributed by atoms with Gasteiger partial charge in [0, 0.05) is 23.8 Å². The van der Waals surface area contributed by atoms with E-state index in [-0.39, 0.29) is 5.90 Å². The van der Waals surface area contributed by atoms with Gasteiger partial charge in [-0.05, 0) is 34.3 Å². The first-order valence-electron chi connectivity index (χ1n) is 5.89. The first-order chi connectivity index (χ1) is 9.33. The van der Waals surface area contributed by atoms with Crippen molar-refractivity contribution in [2.75, 3.05) is 0 Å². The van der Waals surface area contributed by atoms with Crippen LogP contribution in [0.15, 0.2) is 72.4 Å². The highest BCUT2D eigenvalue weighted by Gasteiger charge is 2.01. The number of hydrogen-bond donors (Lipinski definition) is 0. The van der Waals surface area contributed by atoms with E-state index < -0.39 is 0 Å². The lowest BCUT2D eigenvalue weighted by Gasteiger charge is -2.05. The smallest absolute Gasteiger partial charge is 0.210 e.